The maximum absolute atomic E-state index is 12.7. The molecule has 0 bridgehead atoms. The molecule has 0 aliphatic carbocycles. The van der Waals surface area contributed by atoms with E-state index < -0.39 is 11.3 Å². The van der Waals surface area contributed by atoms with E-state index in [9.17, 15) is 13.8 Å². The fraction of sp³-hybridized carbons (Fsp3) is 0.278. The standard InChI is InChI=1S/C18H20N4O4S/c1-13-12-15(2-3-16(13)20-27(25)26)18(24)22-10-8-21(9-11-22)17(23)14-4-6-19-7-5-14/h2-7,12,20H,8-11H2,1H3,(H,25,26). The van der Waals surface area contributed by atoms with Gasteiger partial charge in [0.05, 0.1) is 5.69 Å². The Morgan fingerprint density at radius 1 is 1.00 bits per heavy atom. The summed E-state index contributed by atoms with van der Waals surface area (Å²) < 4.78 is 22.2. The number of carbonyl (C=O) groups is 2. The van der Waals surface area contributed by atoms with Crippen LogP contribution in [0.2, 0.25) is 0 Å². The minimum atomic E-state index is -2.16. The van der Waals surface area contributed by atoms with Gasteiger partial charge in [-0.15, -0.1) is 0 Å². The zero-order valence-electron chi connectivity index (χ0n) is 14.8. The summed E-state index contributed by atoms with van der Waals surface area (Å²) in [6.45, 7) is 3.60. The predicted molar refractivity (Wildman–Crippen MR) is 102 cm³/mol. The van der Waals surface area contributed by atoms with Crippen molar-refractivity contribution in [1.29, 1.82) is 0 Å². The van der Waals surface area contributed by atoms with Crippen LogP contribution in [-0.2, 0) is 11.3 Å². The van der Waals surface area contributed by atoms with Crippen LogP contribution >= 0.6 is 0 Å². The van der Waals surface area contributed by atoms with Gasteiger partial charge in [0.25, 0.3) is 23.1 Å². The molecule has 1 atom stereocenters. The van der Waals surface area contributed by atoms with Gasteiger partial charge >= 0.3 is 0 Å². The summed E-state index contributed by atoms with van der Waals surface area (Å²) in [5.41, 5.74) is 2.30. The first-order valence-corrected chi connectivity index (χ1v) is 9.53. The number of aromatic nitrogens is 1. The molecule has 1 aliphatic heterocycles. The van der Waals surface area contributed by atoms with Gasteiger partial charge in [0.2, 0.25) is 0 Å². The minimum Gasteiger partial charge on any atom is -0.335 e. The van der Waals surface area contributed by atoms with Crippen LogP contribution in [0.1, 0.15) is 26.3 Å². The topological polar surface area (TPSA) is 103 Å². The fourth-order valence-electron chi connectivity index (χ4n) is 2.98. The van der Waals surface area contributed by atoms with Crippen molar-refractivity contribution >= 4 is 28.8 Å². The molecule has 1 unspecified atom stereocenters. The number of hydrogen-bond donors (Lipinski definition) is 2. The highest BCUT2D eigenvalue weighted by atomic mass is 32.2. The van der Waals surface area contributed by atoms with Crippen molar-refractivity contribution in [2.45, 2.75) is 6.92 Å². The van der Waals surface area contributed by atoms with Crippen LogP contribution < -0.4 is 4.72 Å². The van der Waals surface area contributed by atoms with Gasteiger partial charge < -0.3 is 9.80 Å². The third-order valence-corrected chi connectivity index (χ3v) is 4.85. The summed E-state index contributed by atoms with van der Waals surface area (Å²) in [6, 6.07) is 8.28. The van der Waals surface area contributed by atoms with E-state index in [2.05, 4.69) is 9.71 Å². The number of benzene rings is 1. The Morgan fingerprint density at radius 3 is 2.07 bits per heavy atom. The Balaban J connectivity index is 1.62. The molecule has 142 valence electrons. The summed E-state index contributed by atoms with van der Waals surface area (Å²) in [5, 5.41) is 0. The minimum absolute atomic E-state index is 0.0622. The third kappa shape index (κ3) is 4.50. The molecule has 8 nitrogen and oxygen atoms in total. The molecule has 2 aromatic rings. The van der Waals surface area contributed by atoms with Crippen molar-refractivity contribution in [2.24, 2.45) is 0 Å². The monoisotopic (exact) mass is 388 g/mol. The van der Waals surface area contributed by atoms with Crippen LogP contribution in [0.3, 0.4) is 0 Å². The molecule has 9 heteroatoms. The smallest absolute Gasteiger partial charge is 0.259 e. The van der Waals surface area contributed by atoms with Gasteiger partial charge in [-0.2, -0.15) is 0 Å². The van der Waals surface area contributed by atoms with E-state index >= 15 is 0 Å². The number of nitrogens with zero attached hydrogens (tertiary/aromatic N) is 3. The first-order valence-electron chi connectivity index (χ1n) is 8.42. The molecule has 2 heterocycles. The van der Waals surface area contributed by atoms with Crippen LogP contribution in [0.5, 0.6) is 0 Å². The second-order valence-electron chi connectivity index (χ2n) is 6.20. The van der Waals surface area contributed by atoms with Crippen molar-refractivity contribution in [1.82, 2.24) is 14.8 Å². The lowest BCUT2D eigenvalue weighted by Gasteiger charge is -2.35. The number of aryl methyl sites for hydroxylation is 1. The highest BCUT2D eigenvalue weighted by Gasteiger charge is 2.25. The highest BCUT2D eigenvalue weighted by Crippen LogP contribution is 2.19. The lowest BCUT2D eigenvalue weighted by atomic mass is 10.1. The molecule has 0 spiro atoms. The van der Waals surface area contributed by atoms with Crippen molar-refractivity contribution in [3.05, 3.63) is 59.4 Å². The highest BCUT2D eigenvalue weighted by molar-refractivity contribution is 7.80. The average molecular weight is 388 g/mol. The zero-order chi connectivity index (χ0) is 19.4. The number of rotatable bonds is 4. The normalized spacial score (nSPS) is 15.3. The summed E-state index contributed by atoms with van der Waals surface area (Å²) in [4.78, 5) is 32.5. The molecule has 2 N–H and O–H groups in total. The predicted octanol–water partition coefficient (Wildman–Crippen LogP) is 1.54. The van der Waals surface area contributed by atoms with Gasteiger partial charge in [-0.25, -0.2) is 4.21 Å². The number of amides is 2. The molecule has 1 fully saturated rings. The van der Waals surface area contributed by atoms with Gasteiger partial charge in [0, 0.05) is 49.7 Å². The van der Waals surface area contributed by atoms with Crippen molar-refractivity contribution in [2.75, 3.05) is 30.9 Å². The molecule has 0 radical (unpaired) electrons. The van der Waals surface area contributed by atoms with Crippen molar-refractivity contribution < 1.29 is 18.4 Å². The molecule has 1 saturated heterocycles. The lowest BCUT2D eigenvalue weighted by molar-refractivity contribution is 0.0535. The van der Waals surface area contributed by atoms with Crippen molar-refractivity contribution in [3.63, 3.8) is 0 Å². The number of nitrogens with one attached hydrogen (secondary N) is 1. The van der Waals surface area contributed by atoms with Gasteiger partial charge in [-0.1, -0.05) is 0 Å². The Bertz CT molecular complexity index is 867. The Labute approximate surface area is 159 Å². The summed E-state index contributed by atoms with van der Waals surface area (Å²) in [5.74, 6) is -0.182. The van der Waals surface area contributed by atoms with Gasteiger partial charge in [-0.3, -0.25) is 23.8 Å². The fourth-order valence-corrected chi connectivity index (χ4v) is 3.39. The quantitative estimate of drug-likeness (QED) is 0.774. The lowest BCUT2D eigenvalue weighted by Crippen LogP contribution is -2.50. The molecule has 2 amide bonds. The molecule has 0 saturated carbocycles. The first-order chi connectivity index (χ1) is 13.0. The molecule has 3 rings (SSSR count). The summed E-state index contributed by atoms with van der Waals surface area (Å²) >= 11 is -2.16. The van der Waals surface area contributed by atoms with E-state index in [-0.39, 0.29) is 11.8 Å². The van der Waals surface area contributed by atoms with E-state index in [0.717, 1.165) is 0 Å². The molecule has 1 aromatic carbocycles. The summed E-state index contributed by atoms with van der Waals surface area (Å²) in [6.07, 6.45) is 3.17. The van der Waals surface area contributed by atoms with Crippen LogP contribution in [0, 0.1) is 6.92 Å². The maximum Gasteiger partial charge on any atom is 0.259 e. The Hall–Kier alpha value is -2.78. The molecular formula is C18H20N4O4S. The Morgan fingerprint density at radius 2 is 1.56 bits per heavy atom. The van der Waals surface area contributed by atoms with E-state index in [1.807, 2.05) is 0 Å². The Kier molecular flexibility index (Phi) is 5.82. The SMILES string of the molecule is Cc1cc(C(=O)N2CCN(C(=O)c3ccncc3)CC2)ccc1NS(=O)O. The maximum atomic E-state index is 12.7. The third-order valence-electron chi connectivity index (χ3n) is 4.45. The number of anilines is 1. The second kappa shape index (κ2) is 8.28. The van der Waals surface area contributed by atoms with E-state index in [1.54, 1.807) is 59.4 Å². The number of carbonyl (C=O) groups excluding carboxylic acids is 2. The molecule has 27 heavy (non-hydrogen) atoms. The van der Waals surface area contributed by atoms with Gasteiger partial charge in [0.1, 0.15) is 0 Å². The van der Waals surface area contributed by atoms with Crippen LogP contribution in [0.4, 0.5) is 5.69 Å². The number of pyridine rings is 1. The molecule has 1 aliphatic rings. The molecule has 1 aromatic heterocycles. The largest absolute Gasteiger partial charge is 0.335 e. The van der Waals surface area contributed by atoms with E-state index in [0.29, 0.717) is 48.6 Å². The summed E-state index contributed by atoms with van der Waals surface area (Å²) in [7, 11) is 0. The number of hydrogen-bond acceptors (Lipinski definition) is 4. The second-order valence-corrected chi connectivity index (χ2v) is 6.90. The van der Waals surface area contributed by atoms with Crippen LogP contribution in [-0.4, -0.2) is 61.5 Å². The van der Waals surface area contributed by atoms with Crippen LogP contribution in [0.15, 0.2) is 42.7 Å². The van der Waals surface area contributed by atoms with E-state index in [4.69, 9.17) is 4.55 Å². The zero-order valence-corrected chi connectivity index (χ0v) is 15.6. The first kappa shape index (κ1) is 19.0. The number of piperazine rings is 1. The van der Waals surface area contributed by atoms with Gasteiger partial charge in [0.15, 0.2) is 0 Å². The molecular weight excluding hydrogens is 368 g/mol. The van der Waals surface area contributed by atoms with Gasteiger partial charge in [-0.05, 0) is 42.8 Å². The van der Waals surface area contributed by atoms with Crippen LogP contribution in [0.25, 0.3) is 0 Å². The van der Waals surface area contributed by atoms with E-state index in [1.165, 1.54) is 0 Å². The van der Waals surface area contributed by atoms with Crippen molar-refractivity contribution in [3.8, 4) is 0 Å². The average Bonchev–Trinajstić information content (AvgIpc) is 2.69.